The van der Waals surface area contributed by atoms with Crippen LogP contribution in [-0.2, 0) is 0 Å². The summed E-state index contributed by atoms with van der Waals surface area (Å²) in [4.78, 5) is 0. The van der Waals surface area contributed by atoms with E-state index >= 15 is 0 Å². The van der Waals surface area contributed by atoms with Gasteiger partial charge in [-0.15, -0.1) is 0 Å². The van der Waals surface area contributed by atoms with Gasteiger partial charge in [0.1, 0.15) is 0 Å². The van der Waals surface area contributed by atoms with Crippen molar-refractivity contribution in [2.75, 3.05) is 13.2 Å². The maximum absolute atomic E-state index is 9.54. The maximum atomic E-state index is 9.54. The van der Waals surface area contributed by atoms with E-state index < -0.39 is 6.10 Å². The molecule has 0 amide bonds. The third-order valence-corrected chi connectivity index (χ3v) is 2.37. The SMILES string of the molecule is CCCOc1ccc(C(C)O)cc1OCCC. The summed E-state index contributed by atoms with van der Waals surface area (Å²) in [5.74, 6) is 1.48. The minimum absolute atomic E-state index is 0.487. The standard InChI is InChI=1S/C14H22O3/c1-4-8-16-13-7-6-12(11(3)15)10-14(13)17-9-5-2/h6-7,10-11,15H,4-5,8-9H2,1-3H3. The molecule has 0 aliphatic heterocycles. The normalized spacial score (nSPS) is 12.2. The first-order chi connectivity index (χ1) is 8.19. The van der Waals surface area contributed by atoms with Crippen LogP contribution < -0.4 is 9.47 Å². The fourth-order valence-corrected chi connectivity index (χ4v) is 1.44. The first kappa shape index (κ1) is 13.8. The van der Waals surface area contributed by atoms with Gasteiger partial charge in [-0.3, -0.25) is 0 Å². The number of rotatable bonds is 7. The summed E-state index contributed by atoms with van der Waals surface area (Å²) in [7, 11) is 0. The number of ether oxygens (including phenoxy) is 2. The van der Waals surface area contributed by atoms with Crippen LogP contribution in [0.3, 0.4) is 0 Å². The molecule has 0 aliphatic rings. The summed E-state index contributed by atoms with van der Waals surface area (Å²) < 4.78 is 11.2. The van der Waals surface area contributed by atoms with Crippen molar-refractivity contribution < 1.29 is 14.6 Å². The Hall–Kier alpha value is -1.22. The van der Waals surface area contributed by atoms with Crippen LogP contribution >= 0.6 is 0 Å². The summed E-state index contributed by atoms with van der Waals surface area (Å²) in [6.45, 7) is 7.20. The van der Waals surface area contributed by atoms with Crippen molar-refractivity contribution in [3.8, 4) is 11.5 Å². The molecule has 0 radical (unpaired) electrons. The highest BCUT2D eigenvalue weighted by Gasteiger charge is 2.09. The molecule has 1 N–H and O–H groups in total. The van der Waals surface area contributed by atoms with Gasteiger partial charge < -0.3 is 14.6 Å². The highest BCUT2D eigenvalue weighted by molar-refractivity contribution is 5.43. The summed E-state index contributed by atoms with van der Waals surface area (Å²) in [6, 6.07) is 5.59. The molecule has 1 aromatic carbocycles. The number of hydrogen-bond donors (Lipinski definition) is 1. The predicted octanol–water partition coefficient (Wildman–Crippen LogP) is 3.32. The quantitative estimate of drug-likeness (QED) is 0.792. The van der Waals surface area contributed by atoms with Gasteiger partial charge in [0.25, 0.3) is 0 Å². The van der Waals surface area contributed by atoms with Gasteiger partial charge >= 0.3 is 0 Å². The van der Waals surface area contributed by atoms with E-state index in [2.05, 4.69) is 13.8 Å². The van der Waals surface area contributed by atoms with Gasteiger partial charge in [-0.2, -0.15) is 0 Å². The van der Waals surface area contributed by atoms with Crippen molar-refractivity contribution in [2.45, 2.75) is 39.7 Å². The Kier molecular flexibility index (Phi) is 5.84. The summed E-state index contributed by atoms with van der Waals surface area (Å²) >= 11 is 0. The first-order valence-electron chi connectivity index (χ1n) is 6.26. The number of benzene rings is 1. The van der Waals surface area contributed by atoms with E-state index in [4.69, 9.17) is 9.47 Å². The van der Waals surface area contributed by atoms with Gasteiger partial charge in [0.05, 0.1) is 19.3 Å². The minimum atomic E-state index is -0.487. The van der Waals surface area contributed by atoms with Crippen LogP contribution in [0.15, 0.2) is 18.2 Å². The summed E-state index contributed by atoms with van der Waals surface area (Å²) in [5, 5.41) is 9.54. The second-order valence-corrected chi connectivity index (χ2v) is 4.08. The molecule has 0 spiro atoms. The van der Waals surface area contributed by atoms with Gasteiger partial charge in [0.15, 0.2) is 11.5 Å². The Morgan fingerprint density at radius 2 is 1.65 bits per heavy atom. The largest absolute Gasteiger partial charge is 0.490 e. The fraction of sp³-hybridized carbons (Fsp3) is 0.571. The van der Waals surface area contributed by atoms with Crippen LogP contribution in [0.1, 0.15) is 45.3 Å². The molecular weight excluding hydrogens is 216 g/mol. The monoisotopic (exact) mass is 238 g/mol. The number of hydrogen-bond acceptors (Lipinski definition) is 3. The van der Waals surface area contributed by atoms with Crippen molar-refractivity contribution in [2.24, 2.45) is 0 Å². The molecule has 0 saturated carbocycles. The molecule has 1 rings (SSSR count). The molecule has 17 heavy (non-hydrogen) atoms. The van der Waals surface area contributed by atoms with Crippen molar-refractivity contribution in [3.63, 3.8) is 0 Å². The third kappa shape index (κ3) is 4.27. The maximum Gasteiger partial charge on any atom is 0.161 e. The molecular formula is C14H22O3. The van der Waals surface area contributed by atoms with Crippen LogP contribution in [0.25, 0.3) is 0 Å². The molecule has 1 unspecified atom stereocenters. The predicted molar refractivity (Wildman–Crippen MR) is 68.6 cm³/mol. The molecule has 1 atom stereocenters. The van der Waals surface area contributed by atoms with E-state index in [0.29, 0.717) is 13.2 Å². The molecule has 0 saturated heterocycles. The average molecular weight is 238 g/mol. The van der Waals surface area contributed by atoms with Gasteiger partial charge in [0, 0.05) is 0 Å². The molecule has 0 aromatic heterocycles. The lowest BCUT2D eigenvalue weighted by atomic mass is 10.1. The van der Waals surface area contributed by atoms with Crippen LogP contribution in [0.5, 0.6) is 11.5 Å². The number of aliphatic hydroxyl groups excluding tert-OH is 1. The van der Waals surface area contributed by atoms with Gasteiger partial charge in [-0.25, -0.2) is 0 Å². The Bertz CT molecular complexity index is 334. The molecule has 96 valence electrons. The van der Waals surface area contributed by atoms with E-state index in [-0.39, 0.29) is 0 Å². The van der Waals surface area contributed by atoms with Gasteiger partial charge in [-0.1, -0.05) is 19.9 Å². The van der Waals surface area contributed by atoms with E-state index in [1.807, 2.05) is 18.2 Å². The lowest BCUT2D eigenvalue weighted by molar-refractivity contribution is 0.198. The second-order valence-electron chi connectivity index (χ2n) is 4.08. The zero-order valence-electron chi connectivity index (χ0n) is 10.9. The van der Waals surface area contributed by atoms with Crippen molar-refractivity contribution in [1.29, 1.82) is 0 Å². The highest BCUT2D eigenvalue weighted by atomic mass is 16.5. The van der Waals surface area contributed by atoms with Crippen LogP contribution in [0, 0.1) is 0 Å². The summed E-state index contributed by atoms with van der Waals surface area (Å²) in [5.41, 5.74) is 0.847. The van der Waals surface area contributed by atoms with Crippen LogP contribution in [0.4, 0.5) is 0 Å². The molecule has 0 bridgehead atoms. The topological polar surface area (TPSA) is 38.7 Å². The van der Waals surface area contributed by atoms with Crippen LogP contribution in [-0.4, -0.2) is 18.3 Å². The lowest BCUT2D eigenvalue weighted by Gasteiger charge is -2.14. The van der Waals surface area contributed by atoms with E-state index in [0.717, 1.165) is 29.9 Å². The smallest absolute Gasteiger partial charge is 0.161 e. The van der Waals surface area contributed by atoms with Crippen molar-refractivity contribution >= 4 is 0 Å². The van der Waals surface area contributed by atoms with Gasteiger partial charge in [0.2, 0.25) is 0 Å². The van der Waals surface area contributed by atoms with Crippen molar-refractivity contribution in [1.82, 2.24) is 0 Å². The van der Waals surface area contributed by atoms with E-state index in [9.17, 15) is 5.11 Å². The Morgan fingerprint density at radius 3 is 2.18 bits per heavy atom. The zero-order valence-corrected chi connectivity index (χ0v) is 10.9. The molecule has 3 nitrogen and oxygen atoms in total. The molecule has 0 aliphatic carbocycles. The lowest BCUT2D eigenvalue weighted by Crippen LogP contribution is -2.02. The zero-order chi connectivity index (χ0) is 12.7. The fourth-order valence-electron chi connectivity index (χ4n) is 1.44. The van der Waals surface area contributed by atoms with E-state index in [1.54, 1.807) is 6.92 Å². The molecule has 3 heteroatoms. The van der Waals surface area contributed by atoms with E-state index in [1.165, 1.54) is 0 Å². The highest BCUT2D eigenvalue weighted by Crippen LogP contribution is 2.30. The van der Waals surface area contributed by atoms with Crippen LogP contribution in [0.2, 0.25) is 0 Å². The Balaban J connectivity index is 2.86. The first-order valence-corrected chi connectivity index (χ1v) is 6.26. The van der Waals surface area contributed by atoms with Gasteiger partial charge in [-0.05, 0) is 37.5 Å². The third-order valence-electron chi connectivity index (χ3n) is 2.37. The Labute approximate surface area is 103 Å². The molecule has 0 fully saturated rings. The minimum Gasteiger partial charge on any atom is -0.490 e. The van der Waals surface area contributed by atoms with Crippen molar-refractivity contribution in [3.05, 3.63) is 23.8 Å². The average Bonchev–Trinajstić information content (AvgIpc) is 2.34. The summed E-state index contributed by atoms with van der Waals surface area (Å²) in [6.07, 6.45) is 1.43. The molecule has 1 aromatic rings. The second kappa shape index (κ2) is 7.17. The Morgan fingerprint density at radius 1 is 1.06 bits per heavy atom. The number of aliphatic hydroxyl groups is 1. The molecule has 0 heterocycles.